The van der Waals surface area contributed by atoms with E-state index < -0.39 is 26.8 Å². The van der Waals surface area contributed by atoms with Gasteiger partial charge in [0.25, 0.3) is 10.0 Å². The van der Waals surface area contributed by atoms with Crippen LogP contribution in [0.4, 0.5) is 18.9 Å². The van der Waals surface area contributed by atoms with E-state index in [-0.39, 0.29) is 5.69 Å². The van der Waals surface area contributed by atoms with Gasteiger partial charge in [-0.1, -0.05) is 6.42 Å². The zero-order chi connectivity index (χ0) is 16.7. The van der Waals surface area contributed by atoms with Crippen molar-refractivity contribution in [3.8, 4) is 0 Å². The minimum atomic E-state index is -4.64. The van der Waals surface area contributed by atoms with Crippen LogP contribution < -0.4 is 4.72 Å². The molecule has 10 heteroatoms. The Kier molecular flexibility index (Phi) is 3.78. The molecule has 124 valence electrons. The summed E-state index contributed by atoms with van der Waals surface area (Å²) >= 11 is 0. The van der Waals surface area contributed by atoms with Gasteiger partial charge in [0.15, 0.2) is 0 Å². The summed E-state index contributed by atoms with van der Waals surface area (Å²) in [6, 6.07) is 0.534. The molecule has 6 nitrogen and oxygen atoms in total. The molecule has 2 aromatic heterocycles. The van der Waals surface area contributed by atoms with Crippen molar-refractivity contribution in [1.29, 1.82) is 0 Å². The molecule has 1 aliphatic rings. The Morgan fingerprint density at radius 3 is 2.35 bits per heavy atom. The smallest absolute Gasteiger partial charge is 0.356 e. The summed E-state index contributed by atoms with van der Waals surface area (Å²) in [7, 11) is -4.14. The summed E-state index contributed by atoms with van der Waals surface area (Å²) in [6.45, 7) is 0. The molecule has 0 spiro atoms. The van der Waals surface area contributed by atoms with E-state index in [9.17, 15) is 21.6 Å². The predicted octanol–water partition coefficient (Wildman–Crippen LogP) is 2.89. The van der Waals surface area contributed by atoms with Crippen LogP contribution in [0.3, 0.4) is 0 Å². The van der Waals surface area contributed by atoms with Crippen LogP contribution in [-0.2, 0) is 16.2 Å². The van der Waals surface area contributed by atoms with Crippen molar-refractivity contribution < 1.29 is 21.6 Å². The van der Waals surface area contributed by atoms with Gasteiger partial charge >= 0.3 is 6.18 Å². The number of hydrogen-bond acceptors (Lipinski definition) is 4. The lowest BCUT2D eigenvalue weighted by Gasteiger charge is -2.23. The zero-order valence-electron chi connectivity index (χ0n) is 11.8. The van der Waals surface area contributed by atoms with Crippen molar-refractivity contribution >= 4 is 15.7 Å². The van der Waals surface area contributed by atoms with Gasteiger partial charge in [-0.3, -0.25) is 4.72 Å². The molecule has 1 aliphatic carbocycles. The monoisotopic (exact) mass is 346 g/mol. The lowest BCUT2D eigenvalue weighted by atomic mass is 9.85. The normalized spacial score (nSPS) is 16.1. The molecular formula is C13H13F3N4O2S. The first kappa shape index (κ1) is 15.8. The molecule has 0 aromatic carbocycles. The van der Waals surface area contributed by atoms with E-state index in [1.807, 2.05) is 4.98 Å². The Bertz CT molecular complexity index is 795. The van der Waals surface area contributed by atoms with Gasteiger partial charge in [-0.2, -0.15) is 13.2 Å². The second kappa shape index (κ2) is 5.52. The van der Waals surface area contributed by atoms with Gasteiger partial charge in [-0.05, 0) is 18.9 Å². The lowest BCUT2D eigenvalue weighted by Crippen LogP contribution is -2.15. The molecule has 0 bridgehead atoms. The fraction of sp³-hybridized carbons (Fsp3) is 0.385. The van der Waals surface area contributed by atoms with Crippen LogP contribution in [0.25, 0.3) is 0 Å². The number of sulfonamides is 1. The average molecular weight is 346 g/mol. The third-order valence-electron chi connectivity index (χ3n) is 3.67. The van der Waals surface area contributed by atoms with Crippen LogP contribution in [0.15, 0.2) is 29.6 Å². The third-order valence-corrected chi connectivity index (χ3v) is 5.03. The van der Waals surface area contributed by atoms with Crippen molar-refractivity contribution in [3.63, 3.8) is 0 Å². The maximum absolute atomic E-state index is 12.5. The maximum atomic E-state index is 12.5. The largest absolute Gasteiger partial charge is 0.431 e. The Morgan fingerprint density at radius 1 is 1.22 bits per heavy atom. The summed E-state index contributed by atoms with van der Waals surface area (Å²) in [6.07, 6.45) is 1.92. The fourth-order valence-corrected chi connectivity index (χ4v) is 3.20. The van der Waals surface area contributed by atoms with Gasteiger partial charge < -0.3 is 4.98 Å². The minimum absolute atomic E-state index is 0.0998. The van der Waals surface area contributed by atoms with Crippen molar-refractivity contribution in [3.05, 3.63) is 36.2 Å². The number of aromatic amines is 1. The van der Waals surface area contributed by atoms with Gasteiger partial charge in [0.1, 0.15) is 16.4 Å². The summed E-state index contributed by atoms with van der Waals surface area (Å²) in [5.74, 6) is 0.958. The van der Waals surface area contributed by atoms with Crippen LogP contribution in [0.1, 0.15) is 36.7 Å². The molecule has 3 rings (SSSR count). The van der Waals surface area contributed by atoms with Gasteiger partial charge in [0, 0.05) is 12.1 Å². The molecule has 23 heavy (non-hydrogen) atoms. The molecular weight excluding hydrogens is 333 g/mol. The first-order valence-corrected chi connectivity index (χ1v) is 8.34. The van der Waals surface area contributed by atoms with Crippen LogP contribution in [0.2, 0.25) is 0 Å². The SMILES string of the molecule is O=S(=O)(Nc1cnc(C2CCC2)nc1)c1c[nH]c(C(F)(F)F)c1. The van der Waals surface area contributed by atoms with E-state index in [1.54, 1.807) is 0 Å². The fourth-order valence-electron chi connectivity index (χ4n) is 2.18. The highest BCUT2D eigenvalue weighted by molar-refractivity contribution is 7.92. The Labute approximate surface area is 130 Å². The average Bonchev–Trinajstić information content (AvgIpc) is 2.89. The molecule has 0 saturated heterocycles. The number of nitrogens with one attached hydrogen (secondary N) is 2. The van der Waals surface area contributed by atoms with Crippen molar-refractivity contribution in [2.45, 2.75) is 36.3 Å². The van der Waals surface area contributed by atoms with E-state index >= 15 is 0 Å². The number of nitrogens with zero attached hydrogens (tertiary/aromatic N) is 2. The quantitative estimate of drug-likeness (QED) is 0.891. The topological polar surface area (TPSA) is 87.7 Å². The van der Waals surface area contributed by atoms with Crippen molar-refractivity contribution in [1.82, 2.24) is 15.0 Å². The molecule has 2 aromatic rings. The maximum Gasteiger partial charge on any atom is 0.431 e. The molecule has 2 heterocycles. The van der Waals surface area contributed by atoms with E-state index in [0.29, 0.717) is 17.8 Å². The van der Waals surface area contributed by atoms with E-state index in [2.05, 4.69) is 14.7 Å². The van der Waals surface area contributed by atoms with E-state index in [0.717, 1.165) is 25.5 Å². The lowest BCUT2D eigenvalue weighted by molar-refractivity contribution is -0.140. The van der Waals surface area contributed by atoms with Gasteiger partial charge in [-0.15, -0.1) is 0 Å². The minimum Gasteiger partial charge on any atom is -0.356 e. The van der Waals surface area contributed by atoms with Crippen LogP contribution in [0.5, 0.6) is 0 Å². The molecule has 0 atom stereocenters. The van der Waals surface area contributed by atoms with Crippen molar-refractivity contribution in [2.75, 3.05) is 4.72 Å². The third kappa shape index (κ3) is 3.31. The van der Waals surface area contributed by atoms with Gasteiger partial charge in [-0.25, -0.2) is 18.4 Å². The number of halogens is 3. The highest BCUT2D eigenvalue weighted by Crippen LogP contribution is 2.34. The second-order valence-corrected chi connectivity index (χ2v) is 6.99. The van der Waals surface area contributed by atoms with Crippen LogP contribution in [-0.4, -0.2) is 23.4 Å². The highest BCUT2D eigenvalue weighted by atomic mass is 32.2. The Balaban J connectivity index is 1.76. The predicted molar refractivity (Wildman–Crippen MR) is 75.2 cm³/mol. The summed E-state index contributed by atoms with van der Waals surface area (Å²) in [5.41, 5.74) is -1.03. The first-order chi connectivity index (χ1) is 10.8. The molecule has 0 unspecified atom stereocenters. The summed E-state index contributed by atoms with van der Waals surface area (Å²) in [5, 5.41) is 0. The zero-order valence-corrected chi connectivity index (χ0v) is 12.6. The molecule has 0 amide bonds. The number of H-pyrrole nitrogens is 1. The van der Waals surface area contributed by atoms with Crippen molar-refractivity contribution in [2.24, 2.45) is 0 Å². The van der Waals surface area contributed by atoms with Crippen LogP contribution in [0, 0.1) is 0 Å². The van der Waals surface area contributed by atoms with Crippen LogP contribution >= 0.6 is 0 Å². The molecule has 0 radical (unpaired) electrons. The summed E-state index contributed by atoms with van der Waals surface area (Å²) in [4.78, 5) is 9.59. The highest BCUT2D eigenvalue weighted by Gasteiger charge is 2.34. The van der Waals surface area contributed by atoms with E-state index in [1.165, 1.54) is 12.4 Å². The standard InChI is InChI=1S/C13H13F3N4O2S/c14-13(15,16)11-4-10(7-17-11)23(21,22)20-9-5-18-12(19-6-9)8-2-1-3-8/h4-8,17,20H,1-3H2. The first-order valence-electron chi connectivity index (χ1n) is 6.86. The number of hydrogen-bond donors (Lipinski definition) is 2. The number of alkyl halides is 3. The molecule has 1 saturated carbocycles. The molecule has 0 aliphatic heterocycles. The van der Waals surface area contributed by atoms with E-state index in [4.69, 9.17) is 0 Å². The molecule has 2 N–H and O–H groups in total. The second-order valence-electron chi connectivity index (χ2n) is 5.31. The Morgan fingerprint density at radius 2 is 1.87 bits per heavy atom. The Hall–Kier alpha value is -2.10. The molecule has 1 fully saturated rings. The number of rotatable bonds is 4. The number of anilines is 1. The van der Waals surface area contributed by atoms with Gasteiger partial charge in [0.05, 0.1) is 18.1 Å². The number of aromatic nitrogens is 3. The summed E-state index contributed by atoms with van der Waals surface area (Å²) < 4.78 is 63.8. The van der Waals surface area contributed by atoms with Gasteiger partial charge in [0.2, 0.25) is 0 Å².